The van der Waals surface area contributed by atoms with E-state index in [1.54, 1.807) is 0 Å². The maximum absolute atomic E-state index is 6.46. The third-order valence-corrected chi connectivity index (χ3v) is 6.72. The number of hydrogen-bond acceptors (Lipinski definition) is 2. The molecule has 0 unspecified atom stereocenters. The molecule has 0 aliphatic carbocycles. The van der Waals surface area contributed by atoms with Crippen LogP contribution in [0, 0.1) is 0 Å². The van der Waals surface area contributed by atoms with E-state index in [1.165, 1.54) is 27.6 Å². The van der Waals surface area contributed by atoms with Crippen LogP contribution in [0.15, 0.2) is 127 Å². The van der Waals surface area contributed by atoms with Crippen molar-refractivity contribution in [1.29, 1.82) is 0 Å². The lowest BCUT2D eigenvalue weighted by atomic mass is 9.95. The Balaban J connectivity index is 1.43. The van der Waals surface area contributed by atoms with Gasteiger partial charge in [-0.05, 0) is 62.5 Å². The summed E-state index contributed by atoms with van der Waals surface area (Å²) in [6.07, 6.45) is 0.916. The van der Waals surface area contributed by atoms with Crippen LogP contribution in [0.2, 0.25) is 0 Å². The molecule has 0 atom stereocenters. The average molecular weight is 466 g/mol. The van der Waals surface area contributed by atoms with E-state index in [0.717, 1.165) is 33.9 Å². The lowest BCUT2D eigenvalue weighted by Gasteiger charge is -2.15. The predicted molar refractivity (Wildman–Crippen MR) is 151 cm³/mol. The molecule has 174 valence electrons. The third-order valence-electron chi connectivity index (χ3n) is 6.72. The molecule has 0 aliphatic heterocycles. The molecule has 2 heteroatoms. The highest BCUT2D eigenvalue weighted by Crippen LogP contribution is 2.39. The highest BCUT2D eigenvalue weighted by Gasteiger charge is 2.12. The topological polar surface area (TPSA) is 35.2 Å². The van der Waals surface area contributed by atoms with E-state index in [-0.39, 0.29) is 0 Å². The summed E-state index contributed by atoms with van der Waals surface area (Å²) >= 11 is 0. The monoisotopic (exact) mass is 465 g/mol. The van der Waals surface area contributed by atoms with Gasteiger partial charge in [-0.3, -0.25) is 0 Å². The number of anilines is 1. The Morgan fingerprint density at radius 3 is 1.97 bits per heavy atom. The van der Waals surface area contributed by atoms with Crippen LogP contribution in [0.1, 0.15) is 16.7 Å². The molecule has 0 radical (unpaired) electrons. The van der Waals surface area contributed by atoms with Gasteiger partial charge in [0.05, 0.1) is 5.69 Å². The van der Waals surface area contributed by atoms with Crippen molar-refractivity contribution >= 4 is 27.2 Å². The van der Waals surface area contributed by atoms with Crippen LogP contribution < -0.4 is 10.5 Å². The first-order valence-corrected chi connectivity index (χ1v) is 12.3. The second-order valence-corrected chi connectivity index (χ2v) is 9.22. The fourth-order valence-corrected chi connectivity index (χ4v) is 4.89. The van der Waals surface area contributed by atoms with Gasteiger partial charge >= 0.3 is 0 Å². The van der Waals surface area contributed by atoms with Gasteiger partial charge in [0.25, 0.3) is 0 Å². The number of benzene rings is 6. The van der Waals surface area contributed by atoms with E-state index in [9.17, 15) is 0 Å². The standard InChI is InChI=1S/C34H27NO/c35-32-19-18-28-16-14-27-15-17-30(29-13-7-12-26(21-29)20-24-8-3-1-4-9-24)22-31(27)33(28)34(32)36-23-25-10-5-2-6-11-25/h1-19,21-22H,20,23,35H2. The van der Waals surface area contributed by atoms with Crippen molar-refractivity contribution in [2.45, 2.75) is 13.0 Å². The fourth-order valence-electron chi connectivity index (χ4n) is 4.89. The zero-order valence-electron chi connectivity index (χ0n) is 20.0. The zero-order valence-corrected chi connectivity index (χ0v) is 20.0. The van der Waals surface area contributed by atoms with E-state index >= 15 is 0 Å². The number of rotatable bonds is 6. The number of nitrogens with two attached hydrogens (primary N) is 1. The first-order valence-electron chi connectivity index (χ1n) is 12.3. The van der Waals surface area contributed by atoms with E-state index in [0.29, 0.717) is 12.3 Å². The summed E-state index contributed by atoms with van der Waals surface area (Å²) in [6, 6.07) is 44.6. The fraction of sp³-hybridized carbons (Fsp3) is 0.0588. The van der Waals surface area contributed by atoms with Crippen molar-refractivity contribution in [2.75, 3.05) is 5.73 Å². The van der Waals surface area contributed by atoms with Crippen LogP contribution in [-0.2, 0) is 13.0 Å². The largest absolute Gasteiger partial charge is 0.486 e. The summed E-state index contributed by atoms with van der Waals surface area (Å²) in [5.41, 5.74) is 13.2. The Kier molecular flexibility index (Phi) is 5.85. The van der Waals surface area contributed by atoms with E-state index in [2.05, 4.69) is 103 Å². The normalized spacial score (nSPS) is 11.1. The minimum atomic E-state index is 0.474. The Bertz CT molecular complexity index is 1660. The minimum absolute atomic E-state index is 0.474. The SMILES string of the molecule is Nc1ccc2ccc3ccc(-c4cccc(Cc5ccccc5)c4)cc3c2c1OCc1ccccc1. The second kappa shape index (κ2) is 9.59. The number of fused-ring (bicyclic) bond motifs is 3. The van der Waals surface area contributed by atoms with Crippen molar-refractivity contribution in [3.05, 3.63) is 144 Å². The molecule has 6 aromatic carbocycles. The second-order valence-electron chi connectivity index (χ2n) is 9.22. The van der Waals surface area contributed by atoms with Crippen LogP contribution in [0.5, 0.6) is 5.75 Å². The van der Waals surface area contributed by atoms with E-state index < -0.39 is 0 Å². The molecule has 0 heterocycles. The van der Waals surface area contributed by atoms with Crippen LogP contribution in [0.3, 0.4) is 0 Å². The van der Waals surface area contributed by atoms with Crippen LogP contribution in [0.4, 0.5) is 5.69 Å². The Morgan fingerprint density at radius 2 is 1.17 bits per heavy atom. The van der Waals surface area contributed by atoms with Crippen molar-refractivity contribution in [3.63, 3.8) is 0 Å². The van der Waals surface area contributed by atoms with Gasteiger partial charge in [-0.1, -0.05) is 115 Å². The van der Waals surface area contributed by atoms with Gasteiger partial charge < -0.3 is 10.5 Å². The lowest BCUT2D eigenvalue weighted by Crippen LogP contribution is -2.00. The molecule has 0 aliphatic rings. The summed E-state index contributed by atoms with van der Waals surface area (Å²) in [5, 5.41) is 4.50. The summed E-state index contributed by atoms with van der Waals surface area (Å²) in [4.78, 5) is 0. The quantitative estimate of drug-likeness (QED) is 0.198. The van der Waals surface area contributed by atoms with Crippen molar-refractivity contribution in [3.8, 4) is 16.9 Å². The van der Waals surface area contributed by atoms with Gasteiger partial charge in [0.2, 0.25) is 0 Å². The number of nitrogen functional groups attached to an aromatic ring is 1. The maximum Gasteiger partial charge on any atom is 0.151 e. The van der Waals surface area contributed by atoms with Gasteiger partial charge in [-0.25, -0.2) is 0 Å². The zero-order chi connectivity index (χ0) is 24.3. The number of ether oxygens (including phenoxy) is 1. The molecular weight excluding hydrogens is 438 g/mol. The lowest BCUT2D eigenvalue weighted by molar-refractivity contribution is 0.312. The van der Waals surface area contributed by atoms with E-state index in [4.69, 9.17) is 10.5 Å². The maximum atomic E-state index is 6.46. The van der Waals surface area contributed by atoms with Gasteiger partial charge in [0, 0.05) is 5.39 Å². The Hall–Kier alpha value is -4.56. The Morgan fingerprint density at radius 1 is 0.528 bits per heavy atom. The smallest absolute Gasteiger partial charge is 0.151 e. The molecular formula is C34H27NO. The molecule has 36 heavy (non-hydrogen) atoms. The summed E-state index contributed by atoms with van der Waals surface area (Å²) in [5.74, 6) is 0.747. The molecule has 0 spiro atoms. The molecule has 2 nitrogen and oxygen atoms in total. The molecule has 0 fully saturated rings. The van der Waals surface area contributed by atoms with Crippen LogP contribution in [-0.4, -0.2) is 0 Å². The van der Waals surface area contributed by atoms with Crippen molar-refractivity contribution < 1.29 is 4.74 Å². The first-order chi connectivity index (χ1) is 17.7. The summed E-state index contributed by atoms with van der Waals surface area (Å²) < 4.78 is 6.35. The van der Waals surface area contributed by atoms with Gasteiger partial charge in [0.15, 0.2) is 5.75 Å². The molecule has 0 bridgehead atoms. The van der Waals surface area contributed by atoms with Crippen molar-refractivity contribution in [1.82, 2.24) is 0 Å². The molecule has 0 saturated carbocycles. The van der Waals surface area contributed by atoms with E-state index in [1.807, 2.05) is 24.3 Å². The van der Waals surface area contributed by atoms with Gasteiger partial charge in [-0.2, -0.15) is 0 Å². The van der Waals surface area contributed by atoms with Crippen molar-refractivity contribution in [2.24, 2.45) is 0 Å². The third kappa shape index (κ3) is 4.42. The van der Waals surface area contributed by atoms with Gasteiger partial charge in [-0.15, -0.1) is 0 Å². The molecule has 0 amide bonds. The van der Waals surface area contributed by atoms with Crippen LogP contribution >= 0.6 is 0 Å². The molecule has 2 N–H and O–H groups in total. The molecule has 0 saturated heterocycles. The highest BCUT2D eigenvalue weighted by molar-refractivity contribution is 6.13. The molecule has 0 aromatic heterocycles. The van der Waals surface area contributed by atoms with Gasteiger partial charge in [0.1, 0.15) is 6.61 Å². The summed E-state index contributed by atoms with van der Waals surface area (Å²) in [7, 11) is 0. The average Bonchev–Trinajstić information content (AvgIpc) is 2.93. The minimum Gasteiger partial charge on any atom is -0.486 e. The highest BCUT2D eigenvalue weighted by atomic mass is 16.5. The Labute approximate surface area is 211 Å². The molecule has 6 rings (SSSR count). The predicted octanol–water partition coefficient (Wildman–Crippen LogP) is 8.41. The summed E-state index contributed by atoms with van der Waals surface area (Å²) in [6.45, 7) is 0.474. The molecule has 6 aromatic rings. The first kappa shape index (κ1) is 21.9. The van der Waals surface area contributed by atoms with Crippen LogP contribution in [0.25, 0.3) is 32.7 Å². The number of hydrogen-bond donors (Lipinski definition) is 1.